The number of benzene rings is 1. The molecule has 0 aromatic heterocycles. The summed E-state index contributed by atoms with van der Waals surface area (Å²) >= 11 is 1.24. The highest BCUT2D eigenvalue weighted by molar-refractivity contribution is 7.99. The van der Waals surface area contributed by atoms with E-state index in [1.54, 1.807) is 24.3 Å². The monoisotopic (exact) mass is 440 g/mol. The van der Waals surface area contributed by atoms with Crippen LogP contribution in [0.4, 0.5) is 5.69 Å². The Morgan fingerprint density at radius 2 is 1.73 bits per heavy atom. The molecule has 3 amide bonds. The lowest BCUT2D eigenvalue weighted by Crippen LogP contribution is -2.49. The van der Waals surface area contributed by atoms with Crippen molar-refractivity contribution < 1.29 is 34.2 Å². The van der Waals surface area contributed by atoms with Crippen molar-refractivity contribution in [2.75, 3.05) is 17.6 Å². The molecule has 11 nitrogen and oxygen atoms in total. The minimum atomic E-state index is -1.24. The van der Waals surface area contributed by atoms with Gasteiger partial charge in [0.05, 0.1) is 0 Å². The Morgan fingerprint density at radius 3 is 2.27 bits per heavy atom. The van der Waals surface area contributed by atoms with E-state index in [1.165, 1.54) is 18.7 Å². The normalized spacial score (nSPS) is 12.3. The Bertz CT molecular complexity index is 785. The van der Waals surface area contributed by atoms with Crippen molar-refractivity contribution in [2.24, 2.45) is 5.73 Å². The van der Waals surface area contributed by atoms with E-state index in [-0.39, 0.29) is 24.5 Å². The van der Waals surface area contributed by atoms with Crippen molar-refractivity contribution in [3.05, 3.63) is 24.3 Å². The van der Waals surface area contributed by atoms with Gasteiger partial charge in [0.2, 0.25) is 17.7 Å². The molecular weight excluding hydrogens is 416 g/mol. The van der Waals surface area contributed by atoms with Gasteiger partial charge in [-0.05, 0) is 30.7 Å². The van der Waals surface area contributed by atoms with E-state index >= 15 is 0 Å². The number of carboxylic acid groups (broad SMARTS) is 2. The van der Waals surface area contributed by atoms with Crippen LogP contribution in [0, 0.1) is 0 Å². The quantitative estimate of drug-likeness (QED) is 0.235. The Morgan fingerprint density at radius 1 is 1.10 bits per heavy atom. The highest BCUT2D eigenvalue weighted by atomic mass is 32.2. The lowest BCUT2D eigenvalue weighted by Gasteiger charge is -2.18. The zero-order valence-corrected chi connectivity index (χ0v) is 17.0. The molecule has 0 fully saturated rings. The van der Waals surface area contributed by atoms with E-state index in [9.17, 15) is 24.0 Å². The average Bonchev–Trinajstić information content (AvgIpc) is 2.67. The van der Waals surface area contributed by atoms with Gasteiger partial charge in [-0.25, -0.2) is 0 Å². The minimum Gasteiger partial charge on any atom is -0.480 e. The van der Waals surface area contributed by atoms with Crippen LogP contribution >= 0.6 is 11.8 Å². The van der Waals surface area contributed by atoms with E-state index in [0.29, 0.717) is 5.69 Å². The van der Waals surface area contributed by atoms with Gasteiger partial charge >= 0.3 is 11.9 Å². The van der Waals surface area contributed by atoms with Crippen LogP contribution in [0.25, 0.3) is 0 Å². The van der Waals surface area contributed by atoms with E-state index in [4.69, 9.17) is 15.9 Å². The molecule has 0 heterocycles. The molecule has 0 aliphatic heterocycles. The van der Waals surface area contributed by atoms with Crippen molar-refractivity contribution in [1.29, 1.82) is 0 Å². The van der Waals surface area contributed by atoms with Crippen molar-refractivity contribution in [1.82, 2.24) is 10.6 Å². The number of hydrogen-bond donors (Lipinski definition) is 6. The number of amides is 3. The molecule has 0 aliphatic rings. The first kappa shape index (κ1) is 24.9. The summed E-state index contributed by atoms with van der Waals surface area (Å²) in [6, 6.07) is 4.54. The lowest BCUT2D eigenvalue weighted by atomic mass is 10.1. The molecule has 1 aromatic carbocycles. The van der Waals surface area contributed by atoms with Crippen molar-refractivity contribution in [3.63, 3.8) is 0 Å². The molecule has 2 atom stereocenters. The summed E-state index contributed by atoms with van der Waals surface area (Å²) in [4.78, 5) is 57.5. The first-order chi connectivity index (χ1) is 14.1. The van der Waals surface area contributed by atoms with Gasteiger partial charge in [0.1, 0.15) is 18.6 Å². The fraction of sp³-hybridized carbons (Fsp3) is 0.389. The Labute approximate surface area is 176 Å². The van der Waals surface area contributed by atoms with Crippen molar-refractivity contribution in [3.8, 4) is 0 Å². The zero-order valence-electron chi connectivity index (χ0n) is 16.2. The number of nitrogens with one attached hydrogen (secondary N) is 3. The molecule has 7 N–H and O–H groups in total. The summed E-state index contributed by atoms with van der Waals surface area (Å²) in [6.07, 6.45) is -0.311. The van der Waals surface area contributed by atoms with Gasteiger partial charge in [0, 0.05) is 29.7 Å². The molecule has 30 heavy (non-hydrogen) atoms. The molecule has 0 saturated carbocycles. The third-order valence-electron chi connectivity index (χ3n) is 3.66. The molecule has 0 radical (unpaired) electrons. The number of anilines is 1. The van der Waals surface area contributed by atoms with Crippen LogP contribution in [0.5, 0.6) is 0 Å². The standard InChI is InChI=1S/C18H24N4O7S/c1-10(23)21-11-2-4-12(5-3-11)30-9-14(17(27)20-8-16(25)26)22-15(24)7-6-13(19)18(28)29/h2-5,13-14H,6-9,19H2,1H3,(H,20,27)(H,21,23)(H,22,24)(H,25,26)(H,28,29). The second kappa shape index (κ2) is 12.4. The number of thioether (sulfide) groups is 1. The summed E-state index contributed by atoms with van der Waals surface area (Å²) in [5, 5.41) is 24.8. The molecule has 12 heteroatoms. The Hall–Kier alpha value is -3.12. The van der Waals surface area contributed by atoms with Crippen LogP contribution < -0.4 is 21.7 Å². The van der Waals surface area contributed by atoms with Gasteiger partial charge in [-0.1, -0.05) is 0 Å². The number of aliphatic carboxylic acids is 2. The van der Waals surface area contributed by atoms with Crippen LogP contribution in [-0.2, 0) is 24.0 Å². The third-order valence-corrected chi connectivity index (χ3v) is 4.76. The van der Waals surface area contributed by atoms with Crippen LogP contribution in [-0.4, -0.2) is 64.3 Å². The molecule has 0 spiro atoms. The molecular formula is C18H24N4O7S. The van der Waals surface area contributed by atoms with E-state index < -0.39 is 42.4 Å². The van der Waals surface area contributed by atoms with Crippen LogP contribution in [0.1, 0.15) is 19.8 Å². The summed E-state index contributed by atoms with van der Waals surface area (Å²) in [7, 11) is 0. The average molecular weight is 440 g/mol. The second-order valence-corrected chi connectivity index (χ2v) is 7.33. The first-order valence-corrected chi connectivity index (χ1v) is 9.84. The maximum atomic E-state index is 12.3. The Balaban J connectivity index is 2.71. The van der Waals surface area contributed by atoms with Gasteiger partial charge in [0.25, 0.3) is 0 Å². The topological polar surface area (TPSA) is 188 Å². The predicted molar refractivity (Wildman–Crippen MR) is 109 cm³/mol. The Kier molecular flexibility index (Phi) is 10.3. The van der Waals surface area contributed by atoms with E-state index in [2.05, 4.69) is 16.0 Å². The van der Waals surface area contributed by atoms with Crippen LogP contribution in [0.2, 0.25) is 0 Å². The van der Waals surface area contributed by atoms with E-state index in [0.717, 1.165) is 4.90 Å². The fourth-order valence-corrected chi connectivity index (χ4v) is 3.09. The lowest BCUT2D eigenvalue weighted by molar-refractivity contribution is -0.139. The SMILES string of the molecule is CC(=O)Nc1ccc(SCC(NC(=O)CCC(N)C(=O)O)C(=O)NCC(=O)O)cc1. The van der Waals surface area contributed by atoms with Gasteiger partial charge in [-0.2, -0.15) is 0 Å². The number of rotatable bonds is 12. The first-order valence-electron chi connectivity index (χ1n) is 8.86. The number of carbonyl (C=O) groups excluding carboxylic acids is 3. The van der Waals surface area contributed by atoms with Crippen LogP contribution in [0.3, 0.4) is 0 Å². The van der Waals surface area contributed by atoms with E-state index in [1.807, 2.05) is 0 Å². The molecule has 2 unspecified atom stereocenters. The van der Waals surface area contributed by atoms with Crippen molar-refractivity contribution in [2.45, 2.75) is 36.7 Å². The fourth-order valence-electron chi connectivity index (χ4n) is 2.16. The highest BCUT2D eigenvalue weighted by Crippen LogP contribution is 2.21. The summed E-state index contributed by atoms with van der Waals surface area (Å²) in [5.74, 6) is -3.85. The van der Waals surface area contributed by atoms with Gasteiger partial charge < -0.3 is 31.9 Å². The van der Waals surface area contributed by atoms with Crippen molar-refractivity contribution >= 4 is 47.1 Å². The summed E-state index contributed by atoms with van der Waals surface area (Å²) in [6.45, 7) is 0.778. The predicted octanol–water partition coefficient (Wildman–Crippen LogP) is -0.385. The number of carboxylic acids is 2. The summed E-state index contributed by atoms with van der Waals surface area (Å²) in [5.41, 5.74) is 5.96. The molecule has 164 valence electrons. The van der Waals surface area contributed by atoms with Crippen LogP contribution in [0.15, 0.2) is 29.2 Å². The minimum absolute atomic E-state index is 0.0989. The molecule has 0 saturated heterocycles. The number of hydrogen-bond acceptors (Lipinski definition) is 7. The van der Waals surface area contributed by atoms with Gasteiger partial charge in [-0.3, -0.25) is 24.0 Å². The smallest absolute Gasteiger partial charge is 0.322 e. The molecule has 1 rings (SSSR count). The number of nitrogens with two attached hydrogens (primary N) is 1. The van der Waals surface area contributed by atoms with Gasteiger partial charge in [0.15, 0.2) is 0 Å². The zero-order chi connectivity index (χ0) is 22.7. The second-order valence-electron chi connectivity index (χ2n) is 6.23. The maximum Gasteiger partial charge on any atom is 0.322 e. The number of carbonyl (C=O) groups is 5. The third kappa shape index (κ3) is 9.89. The van der Waals surface area contributed by atoms with Gasteiger partial charge in [-0.15, -0.1) is 11.8 Å². The molecule has 0 bridgehead atoms. The maximum absolute atomic E-state index is 12.3. The summed E-state index contributed by atoms with van der Waals surface area (Å²) < 4.78 is 0. The molecule has 1 aromatic rings. The largest absolute Gasteiger partial charge is 0.480 e. The molecule has 0 aliphatic carbocycles. The highest BCUT2D eigenvalue weighted by Gasteiger charge is 2.22.